The normalized spacial score (nSPS) is 16.0. The van der Waals surface area contributed by atoms with E-state index >= 15 is 0 Å². The number of hydrogen-bond donors (Lipinski definition) is 3. The monoisotopic (exact) mass is 332 g/mol. The lowest BCUT2D eigenvalue weighted by Crippen LogP contribution is -2.33. The molecule has 0 saturated carbocycles. The summed E-state index contributed by atoms with van der Waals surface area (Å²) in [5.74, 6) is 0.0284. The Hall–Kier alpha value is -1.58. The van der Waals surface area contributed by atoms with E-state index in [4.69, 9.17) is 0 Å². The molecule has 3 heteroatoms. The van der Waals surface area contributed by atoms with Gasteiger partial charge in [-0.1, -0.05) is 57.0 Å². The first kappa shape index (κ1) is 20.5. The number of hydrogen-bond acceptors (Lipinski definition) is 3. The highest BCUT2D eigenvalue weighted by Crippen LogP contribution is 2.25. The van der Waals surface area contributed by atoms with Crippen LogP contribution in [0.3, 0.4) is 0 Å². The molecule has 0 aliphatic rings. The molecule has 0 unspecified atom stereocenters. The summed E-state index contributed by atoms with van der Waals surface area (Å²) in [5, 5.41) is 30.3. The molecule has 1 aromatic rings. The van der Waals surface area contributed by atoms with Gasteiger partial charge in [-0.2, -0.15) is 0 Å². The number of aromatic hydroxyl groups is 1. The van der Waals surface area contributed by atoms with Gasteiger partial charge in [0, 0.05) is 5.92 Å². The van der Waals surface area contributed by atoms with Crippen LogP contribution >= 0.6 is 0 Å². The van der Waals surface area contributed by atoms with E-state index in [0.29, 0.717) is 6.42 Å². The lowest BCUT2D eigenvalue weighted by Gasteiger charge is -2.27. The molecule has 0 aliphatic heterocycles. The predicted octanol–water partition coefficient (Wildman–Crippen LogP) is 4.54. The van der Waals surface area contributed by atoms with E-state index in [1.54, 1.807) is 18.2 Å². The molecule has 0 fully saturated rings. The van der Waals surface area contributed by atoms with Gasteiger partial charge in [-0.3, -0.25) is 0 Å². The second kappa shape index (κ2) is 10.3. The highest BCUT2D eigenvalue weighted by atomic mass is 16.3. The molecule has 24 heavy (non-hydrogen) atoms. The minimum absolute atomic E-state index is 0.0839. The molecule has 1 rings (SSSR count). The highest BCUT2D eigenvalue weighted by molar-refractivity contribution is 5.54. The van der Waals surface area contributed by atoms with Gasteiger partial charge < -0.3 is 15.3 Å². The average Bonchev–Trinajstić information content (AvgIpc) is 2.53. The van der Waals surface area contributed by atoms with Crippen molar-refractivity contribution in [3.8, 4) is 5.75 Å². The van der Waals surface area contributed by atoms with Gasteiger partial charge in [-0.25, -0.2) is 0 Å². The zero-order valence-electron chi connectivity index (χ0n) is 15.2. The summed E-state index contributed by atoms with van der Waals surface area (Å²) >= 11 is 0. The summed E-state index contributed by atoms with van der Waals surface area (Å²) in [7, 11) is 0. The van der Waals surface area contributed by atoms with Crippen molar-refractivity contribution in [3.63, 3.8) is 0 Å². The quantitative estimate of drug-likeness (QED) is 0.551. The van der Waals surface area contributed by atoms with Crippen LogP contribution in [0.1, 0.15) is 52.0 Å². The van der Waals surface area contributed by atoms with Crippen LogP contribution in [0.4, 0.5) is 0 Å². The van der Waals surface area contributed by atoms with Crippen LogP contribution in [-0.2, 0) is 0 Å². The summed E-state index contributed by atoms with van der Waals surface area (Å²) in [6, 6.07) is 7.18. The summed E-state index contributed by atoms with van der Waals surface area (Å²) in [6.07, 6.45) is 5.89. The first-order valence-corrected chi connectivity index (χ1v) is 8.86. The number of aliphatic hydroxyl groups is 2. The molecular weight excluding hydrogens is 300 g/mol. The first-order chi connectivity index (χ1) is 11.4. The molecule has 3 nitrogen and oxygen atoms in total. The Morgan fingerprint density at radius 2 is 1.92 bits per heavy atom. The third-order valence-electron chi connectivity index (χ3n) is 4.37. The van der Waals surface area contributed by atoms with Crippen LogP contribution in [0, 0.1) is 11.8 Å². The summed E-state index contributed by atoms with van der Waals surface area (Å²) < 4.78 is 0. The molecule has 0 heterocycles. The Morgan fingerprint density at radius 1 is 1.21 bits per heavy atom. The lowest BCUT2D eigenvalue weighted by atomic mass is 9.86. The van der Waals surface area contributed by atoms with E-state index in [9.17, 15) is 15.3 Å². The van der Waals surface area contributed by atoms with Crippen molar-refractivity contribution in [2.45, 2.75) is 58.7 Å². The van der Waals surface area contributed by atoms with Gasteiger partial charge in [0.1, 0.15) is 5.75 Å². The Bertz CT molecular complexity index is 534. The van der Waals surface area contributed by atoms with E-state index < -0.39 is 12.2 Å². The minimum atomic E-state index is -0.607. The van der Waals surface area contributed by atoms with Crippen LogP contribution in [0.2, 0.25) is 0 Å². The van der Waals surface area contributed by atoms with Crippen LogP contribution in [0.15, 0.2) is 42.5 Å². The van der Waals surface area contributed by atoms with Crippen molar-refractivity contribution in [2.75, 3.05) is 0 Å². The minimum Gasteiger partial charge on any atom is -0.508 e. The van der Waals surface area contributed by atoms with E-state index in [-0.39, 0.29) is 17.6 Å². The second-order valence-electron chi connectivity index (χ2n) is 6.80. The summed E-state index contributed by atoms with van der Waals surface area (Å²) in [4.78, 5) is 0. The maximum atomic E-state index is 10.5. The zero-order valence-corrected chi connectivity index (χ0v) is 15.2. The number of phenolic OH excluding ortho intramolecular Hbond substituents is 1. The van der Waals surface area contributed by atoms with Crippen LogP contribution < -0.4 is 0 Å². The van der Waals surface area contributed by atoms with Gasteiger partial charge in [0.15, 0.2) is 0 Å². The van der Waals surface area contributed by atoms with Gasteiger partial charge >= 0.3 is 0 Å². The predicted molar refractivity (Wildman–Crippen MR) is 101 cm³/mol. The SMILES string of the molecule is C=C[C@H]([C@H](O)CC/C(=C/c1cccc(O)c1)CCC)[C@H](O)C(C)C. The molecule has 0 bridgehead atoms. The van der Waals surface area contributed by atoms with Crippen molar-refractivity contribution in [1.29, 1.82) is 0 Å². The van der Waals surface area contributed by atoms with Crippen molar-refractivity contribution in [1.82, 2.24) is 0 Å². The molecule has 0 amide bonds. The lowest BCUT2D eigenvalue weighted by molar-refractivity contribution is 0.00883. The molecule has 0 radical (unpaired) electrons. The van der Waals surface area contributed by atoms with Crippen molar-refractivity contribution < 1.29 is 15.3 Å². The fourth-order valence-electron chi connectivity index (χ4n) is 2.94. The molecule has 0 spiro atoms. The number of phenols is 1. The van der Waals surface area contributed by atoms with Gasteiger partial charge in [0.25, 0.3) is 0 Å². The standard InChI is InChI=1S/C21H32O3/c1-5-8-16(13-17-9-7-10-18(22)14-17)11-12-20(23)19(6-2)21(24)15(3)4/h6-7,9-10,13-15,19-24H,2,5,8,11-12H2,1,3-4H3/b16-13+/t19-,20-,21-/m1/s1. The van der Waals surface area contributed by atoms with Crippen molar-refractivity contribution in [3.05, 3.63) is 48.1 Å². The average molecular weight is 332 g/mol. The van der Waals surface area contributed by atoms with E-state index in [1.165, 1.54) is 5.57 Å². The van der Waals surface area contributed by atoms with E-state index in [0.717, 1.165) is 24.8 Å². The van der Waals surface area contributed by atoms with Crippen LogP contribution in [-0.4, -0.2) is 27.5 Å². The molecule has 0 aliphatic carbocycles. The van der Waals surface area contributed by atoms with Gasteiger partial charge in [-0.05, 0) is 42.9 Å². The Labute approximate surface area is 146 Å². The molecular formula is C21H32O3. The summed E-state index contributed by atoms with van der Waals surface area (Å²) in [5.41, 5.74) is 2.21. The molecule has 0 aromatic heterocycles. The smallest absolute Gasteiger partial charge is 0.116 e. The van der Waals surface area contributed by atoms with Gasteiger partial charge in [0.2, 0.25) is 0 Å². The number of allylic oxidation sites excluding steroid dienone is 1. The van der Waals surface area contributed by atoms with Crippen LogP contribution in [0.25, 0.3) is 6.08 Å². The van der Waals surface area contributed by atoms with E-state index in [1.807, 2.05) is 26.0 Å². The van der Waals surface area contributed by atoms with Crippen molar-refractivity contribution in [2.24, 2.45) is 11.8 Å². The topological polar surface area (TPSA) is 60.7 Å². The fourth-order valence-corrected chi connectivity index (χ4v) is 2.94. The van der Waals surface area contributed by atoms with Crippen molar-refractivity contribution >= 4 is 6.08 Å². The third-order valence-corrected chi connectivity index (χ3v) is 4.37. The molecule has 134 valence electrons. The maximum Gasteiger partial charge on any atom is 0.116 e. The molecule has 1 aromatic carbocycles. The fraction of sp³-hybridized carbons (Fsp3) is 0.524. The molecule has 0 saturated heterocycles. The van der Waals surface area contributed by atoms with Gasteiger partial charge in [0.05, 0.1) is 12.2 Å². The highest BCUT2D eigenvalue weighted by Gasteiger charge is 2.26. The Morgan fingerprint density at radius 3 is 2.46 bits per heavy atom. The Kier molecular flexibility index (Phi) is 8.80. The zero-order chi connectivity index (χ0) is 18.1. The van der Waals surface area contributed by atoms with Gasteiger partial charge in [-0.15, -0.1) is 6.58 Å². The number of aliphatic hydroxyl groups excluding tert-OH is 2. The molecule has 3 atom stereocenters. The summed E-state index contributed by atoms with van der Waals surface area (Å²) in [6.45, 7) is 9.78. The largest absolute Gasteiger partial charge is 0.508 e. The molecule has 3 N–H and O–H groups in total. The van der Waals surface area contributed by atoms with Crippen LogP contribution in [0.5, 0.6) is 5.75 Å². The maximum absolute atomic E-state index is 10.5. The van der Waals surface area contributed by atoms with E-state index in [2.05, 4.69) is 19.6 Å². The first-order valence-electron chi connectivity index (χ1n) is 8.86. The Balaban J connectivity index is 2.76. The number of rotatable bonds is 10. The number of benzene rings is 1. The second-order valence-corrected chi connectivity index (χ2v) is 6.80. The third kappa shape index (κ3) is 6.50.